The first kappa shape index (κ1) is 27.4. The van der Waals surface area contributed by atoms with Gasteiger partial charge in [0.25, 0.3) is 0 Å². The van der Waals surface area contributed by atoms with Crippen LogP contribution < -0.4 is 16.0 Å². The van der Waals surface area contributed by atoms with Gasteiger partial charge in [-0.3, -0.25) is 4.79 Å². The Balaban J connectivity index is 1.21. The van der Waals surface area contributed by atoms with Crippen LogP contribution in [0.5, 0.6) is 0 Å². The number of carbonyl (C=O) groups is 1. The number of piperidine rings is 1. The number of hydrogen-bond acceptors (Lipinski definition) is 7. The van der Waals surface area contributed by atoms with Crippen molar-refractivity contribution < 1.29 is 9.90 Å². The van der Waals surface area contributed by atoms with Crippen LogP contribution >= 0.6 is 11.6 Å². The van der Waals surface area contributed by atoms with Crippen LogP contribution in [0.3, 0.4) is 0 Å². The highest BCUT2D eigenvalue weighted by atomic mass is 35.5. The van der Waals surface area contributed by atoms with E-state index in [9.17, 15) is 9.90 Å². The topological polar surface area (TPSA) is 102 Å². The van der Waals surface area contributed by atoms with E-state index in [4.69, 9.17) is 11.6 Å². The van der Waals surface area contributed by atoms with E-state index in [-0.39, 0.29) is 5.91 Å². The molecule has 3 heterocycles. The molecule has 4 N–H and O–H groups in total. The minimum Gasteiger partial charge on any atom is -0.389 e. The molecule has 3 aromatic rings. The lowest BCUT2D eigenvalue weighted by Gasteiger charge is -2.35. The number of anilines is 4. The molecule has 2 aromatic carbocycles. The van der Waals surface area contributed by atoms with Crippen molar-refractivity contribution in [3.8, 4) is 0 Å². The monoisotopic (exact) mass is 548 g/mol. The van der Waals surface area contributed by atoms with Crippen LogP contribution in [0.15, 0.2) is 48.7 Å². The predicted octanol–water partition coefficient (Wildman–Crippen LogP) is 5.67. The number of nitrogens with zero attached hydrogens (tertiary/aromatic N) is 3. The molecule has 1 fully saturated rings. The molecule has 1 amide bonds. The summed E-state index contributed by atoms with van der Waals surface area (Å²) in [5.74, 6) is 1.50. The van der Waals surface area contributed by atoms with Gasteiger partial charge in [-0.2, -0.15) is 4.98 Å². The van der Waals surface area contributed by atoms with Gasteiger partial charge in [-0.25, -0.2) is 4.98 Å². The van der Waals surface area contributed by atoms with Crippen molar-refractivity contribution in [1.82, 2.24) is 14.9 Å². The average molecular weight is 549 g/mol. The second kappa shape index (κ2) is 10.8. The van der Waals surface area contributed by atoms with E-state index < -0.39 is 11.0 Å². The molecule has 9 heteroatoms. The highest BCUT2D eigenvalue weighted by Crippen LogP contribution is 2.40. The summed E-state index contributed by atoms with van der Waals surface area (Å²) < 4.78 is 0. The maximum Gasteiger partial charge on any atom is 0.234 e. The molecule has 1 saturated heterocycles. The van der Waals surface area contributed by atoms with Crippen LogP contribution in [-0.2, 0) is 16.8 Å². The van der Waals surface area contributed by atoms with Gasteiger partial charge in [-0.15, -0.1) is 0 Å². The number of carbonyl (C=O) groups excluding carboxylic acids is 1. The summed E-state index contributed by atoms with van der Waals surface area (Å²) in [6, 6.07) is 14.3. The summed E-state index contributed by atoms with van der Waals surface area (Å²) in [7, 11) is 0. The second-order valence-corrected chi connectivity index (χ2v) is 12.2. The van der Waals surface area contributed by atoms with E-state index in [1.807, 2.05) is 45.9 Å². The van der Waals surface area contributed by atoms with Gasteiger partial charge in [0.2, 0.25) is 11.9 Å². The molecule has 39 heavy (non-hydrogen) atoms. The molecule has 206 valence electrons. The molecule has 1 aromatic heterocycles. The minimum atomic E-state index is -0.657. The van der Waals surface area contributed by atoms with E-state index >= 15 is 0 Å². The number of benzene rings is 2. The van der Waals surface area contributed by atoms with Crippen molar-refractivity contribution in [3.63, 3.8) is 0 Å². The van der Waals surface area contributed by atoms with Crippen LogP contribution in [0.4, 0.5) is 23.1 Å². The number of β-amino-alcohol motifs (C(OH)–C–C–N with tert-alkyl or cyclic N) is 1. The van der Waals surface area contributed by atoms with Crippen molar-refractivity contribution in [2.45, 2.75) is 64.0 Å². The molecule has 0 bridgehead atoms. The van der Waals surface area contributed by atoms with Gasteiger partial charge in [-0.1, -0.05) is 35.9 Å². The summed E-state index contributed by atoms with van der Waals surface area (Å²) in [5, 5.41) is 20.1. The van der Waals surface area contributed by atoms with Gasteiger partial charge in [0.15, 0.2) is 5.82 Å². The van der Waals surface area contributed by atoms with Crippen LogP contribution in [-0.4, -0.2) is 51.1 Å². The van der Waals surface area contributed by atoms with E-state index in [1.165, 1.54) is 5.56 Å². The summed E-state index contributed by atoms with van der Waals surface area (Å²) >= 11 is 6.42. The summed E-state index contributed by atoms with van der Waals surface area (Å²) in [5.41, 5.74) is 3.83. The maximum absolute atomic E-state index is 12.4. The lowest BCUT2D eigenvalue weighted by molar-refractivity contribution is -0.119. The maximum atomic E-state index is 12.4. The Kier molecular flexibility index (Phi) is 7.55. The molecule has 8 nitrogen and oxygen atoms in total. The van der Waals surface area contributed by atoms with Crippen molar-refractivity contribution in [1.29, 1.82) is 0 Å². The third-order valence-electron chi connectivity index (χ3n) is 7.62. The Bertz CT molecular complexity index is 1340. The summed E-state index contributed by atoms with van der Waals surface area (Å²) in [4.78, 5) is 23.7. The van der Waals surface area contributed by atoms with Gasteiger partial charge in [0, 0.05) is 24.5 Å². The van der Waals surface area contributed by atoms with Crippen LogP contribution in [0.25, 0.3) is 0 Å². The van der Waals surface area contributed by atoms with Crippen LogP contribution in [0.1, 0.15) is 63.1 Å². The van der Waals surface area contributed by atoms with E-state index in [2.05, 4.69) is 55.1 Å². The second-order valence-electron chi connectivity index (χ2n) is 11.8. The summed E-state index contributed by atoms with van der Waals surface area (Å²) in [6.07, 6.45) is 3.76. The molecule has 0 aliphatic carbocycles. The predicted molar refractivity (Wildman–Crippen MR) is 157 cm³/mol. The zero-order valence-corrected chi connectivity index (χ0v) is 23.8. The van der Waals surface area contributed by atoms with Crippen molar-refractivity contribution >= 4 is 40.6 Å². The van der Waals surface area contributed by atoms with Crippen molar-refractivity contribution in [3.05, 3.63) is 70.4 Å². The van der Waals surface area contributed by atoms with Crippen LogP contribution in [0.2, 0.25) is 5.02 Å². The quantitative estimate of drug-likeness (QED) is 0.288. The third kappa shape index (κ3) is 6.19. The Morgan fingerprint density at radius 1 is 1.15 bits per heavy atom. The molecule has 0 radical (unpaired) electrons. The standard InChI is InChI=1S/C30H37ClN6O2/c1-29(2,39)18-37-14-12-20(13-15-37)19-8-10-22(11-9-19)34-28-33-17-23(31)26(36-28)32-16-21-6-5-7-24-25(21)30(3,4)27(38)35-24/h5-11,17,20,39H,12-16,18H2,1-4H3,(H,35,38)(H2,32,33,34,36). The fraction of sp³-hybridized carbons (Fsp3) is 0.433. The molecule has 0 spiro atoms. The Morgan fingerprint density at radius 2 is 1.87 bits per heavy atom. The van der Waals surface area contributed by atoms with Gasteiger partial charge in [0.05, 0.1) is 17.2 Å². The first-order valence-corrected chi connectivity index (χ1v) is 13.9. The van der Waals surface area contributed by atoms with Gasteiger partial charge < -0.3 is 26.0 Å². The number of likely N-dealkylation sites (tertiary alicyclic amines) is 1. The van der Waals surface area contributed by atoms with Gasteiger partial charge >= 0.3 is 0 Å². The first-order chi connectivity index (χ1) is 18.5. The number of fused-ring (bicyclic) bond motifs is 1. The highest BCUT2D eigenvalue weighted by molar-refractivity contribution is 6.32. The molecule has 0 atom stereocenters. The fourth-order valence-corrected chi connectivity index (χ4v) is 5.81. The lowest BCUT2D eigenvalue weighted by atomic mass is 9.83. The Labute approximate surface area is 235 Å². The molecular weight excluding hydrogens is 512 g/mol. The lowest BCUT2D eigenvalue weighted by Crippen LogP contribution is -2.42. The third-order valence-corrected chi connectivity index (χ3v) is 7.89. The first-order valence-electron chi connectivity index (χ1n) is 13.5. The van der Waals surface area contributed by atoms with E-state index in [1.54, 1.807) is 6.20 Å². The molecule has 0 unspecified atom stereocenters. The number of aromatic nitrogens is 2. The highest BCUT2D eigenvalue weighted by Gasteiger charge is 2.39. The fourth-order valence-electron chi connectivity index (χ4n) is 5.65. The number of amides is 1. The number of aliphatic hydroxyl groups is 1. The van der Waals surface area contributed by atoms with Gasteiger partial charge in [-0.05, 0) is 94.4 Å². The molecule has 5 rings (SSSR count). The molecule has 0 saturated carbocycles. The minimum absolute atomic E-state index is 0.00118. The smallest absolute Gasteiger partial charge is 0.234 e. The van der Waals surface area contributed by atoms with Gasteiger partial charge in [0.1, 0.15) is 5.02 Å². The SMILES string of the molecule is CC(C)(O)CN1CCC(c2ccc(Nc3ncc(Cl)c(NCc4cccc5c4C(C)(C)C(=O)N5)n3)cc2)CC1. The largest absolute Gasteiger partial charge is 0.389 e. The normalized spacial score (nSPS) is 17.5. The Morgan fingerprint density at radius 3 is 2.56 bits per heavy atom. The number of halogens is 1. The number of rotatable bonds is 8. The number of hydrogen-bond donors (Lipinski definition) is 4. The van der Waals surface area contributed by atoms with Crippen molar-refractivity contribution in [2.24, 2.45) is 0 Å². The molecule has 2 aliphatic rings. The van der Waals surface area contributed by atoms with Crippen molar-refractivity contribution in [2.75, 3.05) is 35.6 Å². The zero-order valence-electron chi connectivity index (χ0n) is 23.0. The number of nitrogens with one attached hydrogen (secondary N) is 3. The van der Waals surface area contributed by atoms with Crippen LogP contribution in [0, 0.1) is 0 Å². The van der Waals surface area contributed by atoms with E-state index in [0.717, 1.165) is 48.4 Å². The molecular formula is C30H37ClN6O2. The van der Waals surface area contributed by atoms with E-state index in [0.29, 0.717) is 35.8 Å². The zero-order chi connectivity index (χ0) is 27.8. The summed E-state index contributed by atoms with van der Waals surface area (Å²) in [6.45, 7) is 10.8. The average Bonchev–Trinajstić information content (AvgIpc) is 3.12. The molecule has 2 aliphatic heterocycles. The Hall–Kier alpha value is -3.20.